The Morgan fingerprint density at radius 3 is 2.55 bits per heavy atom. The first kappa shape index (κ1) is 14.0. The van der Waals surface area contributed by atoms with Gasteiger partial charge in [-0.15, -0.1) is 0 Å². The fourth-order valence-corrected chi connectivity index (χ4v) is 1.45. The van der Waals surface area contributed by atoms with E-state index in [0.717, 1.165) is 6.39 Å². The summed E-state index contributed by atoms with van der Waals surface area (Å²) in [4.78, 5) is 15.3. The molecule has 1 N–H and O–H groups in total. The lowest BCUT2D eigenvalue weighted by atomic mass is 10.1. The molecule has 106 valence electrons. The lowest BCUT2D eigenvalue weighted by Gasteiger charge is -2.11. The summed E-state index contributed by atoms with van der Waals surface area (Å²) in [5.74, 6) is -8.53. The quantitative estimate of drug-likeness (QED) is 0.534. The maximum atomic E-state index is 13.4. The highest BCUT2D eigenvalue weighted by Gasteiger charge is 2.24. The van der Waals surface area contributed by atoms with Gasteiger partial charge in [0.05, 0.1) is 11.6 Å². The van der Waals surface area contributed by atoms with Gasteiger partial charge in [0.25, 0.3) is 5.91 Å². The molecule has 1 aromatic heterocycles. The fraction of sp³-hybridized carbons (Fsp3) is 0.182. The number of hydrogen-bond donors (Lipinski definition) is 1. The number of nitrogens with one attached hydrogen (secondary N) is 1. The van der Waals surface area contributed by atoms with Crippen molar-refractivity contribution >= 4 is 5.91 Å². The van der Waals surface area contributed by atoms with Gasteiger partial charge in [-0.2, -0.15) is 4.98 Å². The smallest absolute Gasteiger partial charge is 0.255 e. The van der Waals surface area contributed by atoms with Gasteiger partial charge in [-0.05, 0) is 13.0 Å². The zero-order chi connectivity index (χ0) is 14.9. The molecular formula is C11H7F4N3O2. The molecule has 0 aliphatic heterocycles. The summed E-state index contributed by atoms with van der Waals surface area (Å²) >= 11 is 0. The van der Waals surface area contributed by atoms with Crippen molar-refractivity contribution in [3.8, 4) is 0 Å². The average molecular weight is 289 g/mol. The highest BCUT2D eigenvalue weighted by Crippen LogP contribution is 2.19. The van der Waals surface area contributed by atoms with Crippen molar-refractivity contribution in [1.82, 2.24) is 15.5 Å². The third kappa shape index (κ3) is 2.46. The molecular weight excluding hydrogens is 282 g/mol. The lowest BCUT2D eigenvalue weighted by Crippen LogP contribution is -2.28. The molecule has 1 atom stereocenters. The monoisotopic (exact) mass is 289 g/mol. The van der Waals surface area contributed by atoms with E-state index in [4.69, 9.17) is 0 Å². The minimum Gasteiger partial charge on any atom is -0.343 e. The van der Waals surface area contributed by atoms with E-state index in [9.17, 15) is 22.4 Å². The van der Waals surface area contributed by atoms with Gasteiger partial charge >= 0.3 is 0 Å². The summed E-state index contributed by atoms with van der Waals surface area (Å²) in [7, 11) is 0. The van der Waals surface area contributed by atoms with E-state index < -0.39 is 40.8 Å². The van der Waals surface area contributed by atoms with Crippen LogP contribution in [0.1, 0.15) is 29.1 Å². The van der Waals surface area contributed by atoms with Crippen molar-refractivity contribution in [3.63, 3.8) is 0 Å². The molecule has 2 rings (SSSR count). The Balaban J connectivity index is 2.26. The Morgan fingerprint density at radius 2 is 1.95 bits per heavy atom. The second-order valence-electron chi connectivity index (χ2n) is 3.83. The number of carbonyl (C=O) groups excluding carboxylic acids is 1. The Morgan fingerprint density at radius 1 is 1.25 bits per heavy atom. The van der Waals surface area contributed by atoms with Crippen LogP contribution >= 0.6 is 0 Å². The van der Waals surface area contributed by atoms with Crippen LogP contribution in [0.4, 0.5) is 17.6 Å². The Hall–Kier alpha value is -2.45. The molecule has 2 aromatic rings. The molecule has 0 saturated heterocycles. The summed E-state index contributed by atoms with van der Waals surface area (Å²) in [6.07, 6.45) is 1.01. The van der Waals surface area contributed by atoms with Gasteiger partial charge in [0.1, 0.15) is 0 Å². The second-order valence-corrected chi connectivity index (χ2v) is 3.83. The summed E-state index contributed by atoms with van der Waals surface area (Å²) in [5, 5.41) is 5.63. The molecule has 0 radical (unpaired) electrons. The molecule has 20 heavy (non-hydrogen) atoms. The van der Waals surface area contributed by atoms with Crippen LogP contribution in [-0.2, 0) is 0 Å². The van der Waals surface area contributed by atoms with Gasteiger partial charge in [0.2, 0.25) is 6.39 Å². The van der Waals surface area contributed by atoms with E-state index in [-0.39, 0.29) is 11.9 Å². The first-order chi connectivity index (χ1) is 9.41. The molecule has 1 heterocycles. The zero-order valence-corrected chi connectivity index (χ0v) is 9.95. The molecule has 1 aromatic carbocycles. The number of halogens is 4. The van der Waals surface area contributed by atoms with Gasteiger partial charge in [-0.1, -0.05) is 5.16 Å². The summed E-state index contributed by atoms with van der Waals surface area (Å²) < 4.78 is 56.6. The topological polar surface area (TPSA) is 68.0 Å². The van der Waals surface area contributed by atoms with Crippen LogP contribution < -0.4 is 5.32 Å². The van der Waals surface area contributed by atoms with E-state index in [0.29, 0.717) is 0 Å². The maximum absolute atomic E-state index is 13.4. The maximum Gasteiger partial charge on any atom is 0.255 e. The molecule has 0 spiro atoms. The zero-order valence-electron chi connectivity index (χ0n) is 9.95. The van der Waals surface area contributed by atoms with Crippen LogP contribution in [0.15, 0.2) is 17.0 Å². The molecule has 9 heteroatoms. The molecule has 0 bridgehead atoms. The van der Waals surface area contributed by atoms with Gasteiger partial charge in [-0.3, -0.25) is 4.79 Å². The average Bonchev–Trinajstić information content (AvgIpc) is 2.94. The molecule has 0 saturated carbocycles. The van der Waals surface area contributed by atoms with Crippen molar-refractivity contribution in [2.75, 3.05) is 0 Å². The molecule has 1 amide bonds. The van der Waals surface area contributed by atoms with E-state index in [1.165, 1.54) is 6.92 Å². The predicted octanol–water partition coefficient (Wildman–Crippen LogP) is 2.12. The first-order valence-corrected chi connectivity index (χ1v) is 5.32. The number of rotatable bonds is 3. The molecule has 0 unspecified atom stereocenters. The number of nitrogens with zero attached hydrogens (tertiary/aromatic N) is 2. The Bertz CT molecular complexity index is 646. The summed E-state index contributed by atoms with van der Waals surface area (Å²) in [6, 6.07) is -0.525. The van der Waals surface area contributed by atoms with Gasteiger partial charge in [0, 0.05) is 0 Å². The minimum atomic E-state index is -2.05. The summed E-state index contributed by atoms with van der Waals surface area (Å²) in [6.45, 7) is 1.44. The number of amides is 1. The van der Waals surface area contributed by atoms with Crippen LogP contribution in [-0.4, -0.2) is 16.0 Å². The SMILES string of the molecule is C[C@@H](NC(=O)c1cc(F)c(F)c(F)c1F)c1ncon1. The largest absolute Gasteiger partial charge is 0.343 e. The fourth-order valence-electron chi connectivity index (χ4n) is 1.45. The second kappa shape index (κ2) is 5.27. The number of carbonyl (C=O) groups is 1. The summed E-state index contributed by atoms with van der Waals surface area (Å²) in [5.41, 5.74) is -0.961. The van der Waals surface area contributed by atoms with Gasteiger partial charge in [-0.25, -0.2) is 17.6 Å². The highest BCUT2D eigenvalue weighted by atomic mass is 19.2. The van der Waals surface area contributed by atoms with E-state index in [2.05, 4.69) is 20.0 Å². The molecule has 0 aliphatic carbocycles. The molecule has 0 aliphatic rings. The van der Waals surface area contributed by atoms with Crippen LogP contribution in [0, 0.1) is 23.3 Å². The number of hydrogen-bond acceptors (Lipinski definition) is 4. The normalized spacial score (nSPS) is 12.2. The molecule has 0 fully saturated rings. The molecule has 5 nitrogen and oxygen atoms in total. The lowest BCUT2D eigenvalue weighted by molar-refractivity contribution is 0.0931. The van der Waals surface area contributed by atoms with E-state index in [1.807, 2.05) is 0 Å². The van der Waals surface area contributed by atoms with Crippen LogP contribution in [0.25, 0.3) is 0 Å². The van der Waals surface area contributed by atoms with Crippen molar-refractivity contribution in [2.45, 2.75) is 13.0 Å². The standard InChI is InChI=1S/C11H7F4N3O2/c1-4(10-16-3-20-18-10)17-11(19)5-2-6(12)8(14)9(15)7(5)13/h2-4H,1H3,(H,17,19)/t4-/m1/s1. The van der Waals surface area contributed by atoms with Crippen LogP contribution in [0.5, 0.6) is 0 Å². The van der Waals surface area contributed by atoms with Crippen molar-refractivity contribution in [3.05, 3.63) is 47.1 Å². The van der Waals surface area contributed by atoms with Crippen LogP contribution in [0.2, 0.25) is 0 Å². The van der Waals surface area contributed by atoms with Crippen LogP contribution in [0.3, 0.4) is 0 Å². The highest BCUT2D eigenvalue weighted by molar-refractivity contribution is 5.94. The minimum absolute atomic E-state index is 0.0850. The van der Waals surface area contributed by atoms with E-state index in [1.54, 1.807) is 0 Å². The third-order valence-electron chi connectivity index (χ3n) is 2.46. The van der Waals surface area contributed by atoms with Crippen molar-refractivity contribution in [2.24, 2.45) is 0 Å². The number of aromatic nitrogens is 2. The van der Waals surface area contributed by atoms with Gasteiger partial charge < -0.3 is 9.84 Å². The first-order valence-electron chi connectivity index (χ1n) is 5.32. The van der Waals surface area contributed by atoms with Crippen molar-refractivity contribution in [1.29, 1.82) is 0 Å². The predicted molar refractivity (Wildman–Crippen MR) is 56.5 cm³/mol. The Kier molecular flexibility index (Phi) is 3.68. The number of benzene rings is 1. The third-order valence-corrected chi connectivity index (χ3v) is 2.46. The van der Waals surface area contributed by atoms with Gasteiger partial charge in [0.15, 0.2) is 29.1 Å². The van der Waals surface area contributed by atoms with E-state index >= 15 is 0 Å². The Labute approximate surface area is 109 Å². The van der Waals surface area contributed by atoms with Crippen molar-refractivity contribution < 1.29 is 26.9 Å².